The van der Waals surface area contributed by atoms with Crippen molar-refractivity contribution in [2.45, 2.75) is 6.54 Å². The molecule has 3 rings (SSSR count). The van der Waals surface area contributed by atoms with Gasteiger partial charge in [0.15, 0.2) is 10.1 Å². The Hall–Kier alpha value is -2.15. The van der Waals surface area contributed by atoms with E-state index in [0.717, 1.165) is 22.8 Å². The average Bonchev–Trinajstić information content (AvgIpc) is 3.18. The van der Waals surface area contributed by atoms with E-state index in [4.69, 9.17) is 11.6 Å². The van der Waals surface area contributed by atoms with Gasteiger partial charge in [-0.1, -0.05) is 41.9 Å². The Morgan fingerprint density at radius 3 is 2.77 bits per heavy atom. The minimum absolute atomic E-state index is 0.0445. The molecule has 0 unspecified atom stereocenters. The molecule has 3 aromatic rings. The predicted octanol–water partition coefficient (Wildman–Crippen LogP) is 3.65. The van der Waals surface area contributed by atoms with Gasteiger partial charge in [0.2, 0.25) is 5.91 Å². The molecule has 0 saturated heterocycles. The molecule has 0 radical (unpaired) electrons. The number of nitrogens with zero attached hydrogens (tertiary/aromatic N) is 4. The number of carbonyl (C=O) groups is 1. The number of hydrogen-bond acceptors (Lipinski definition) is 4. The minimum Gasteiger partial charge on any atom is -0.334 e. The third-order valence-corrected chi connectivity index (χ3v) is 5.02. The van der Waals surface area contributed by atoms with Gasteiger partial charge < -0.3 is 9.80 Å². The van der Waals surface area contributed by atoms with Gasteiger partial charge in [0, 0.05) is 37.3 Å². The lowest BCUT2D eigenvalue weighted by Gasteiger charge is -2.23. The molecular formula is C19H21ClN4OS. The van der Waals surface area contributed by atoms with Crippen LogP contribution in [0.15, 0.2) is 48.0 Å². The molecule has 0 atom stereocenters. The summed E-state index contributed by atoms with van der Waals surface area (Å²) in [6, 6.07) is 10.0. The van der Waals surface area contributed by atoms with Crippen molar-refractivity contribution in [2.75, 3.05) is 27.2 Å². The first-order valence-corrected chi connectivity index (χ1v) is 9.57. The molecule has 0 saturated carbocycles. The van der Waals surface area contributed by atoms with Crippen LogP contribution in [0, 0.1) is 0 Å². The predicted molar refractivity (Wildman–Crippen MR) is 108 cm³/mol. The van der Waals surface area contributed by atoms with Crippen molar-refractivity contribution in [2.24, 2.45) is 0 Å². The molecule has 2 heterocycles. The van der Waals surface area contributed by atoms with Gasteiger partial charge in [0.25, 0.3) is 0 Å². The first-order chi connectivity index (χ1) is 12.5. The van der Waals surface area contributed by atoms with Gasteiger partial charge >= 0.3 is 0 Å². The highest BCUT2D eigenvalue weighted by molar-refractivity contribution is 7.15. The molecule has 0 spiro atoms. The number of imidazole rings is 1. The molecule has 0 aliphatic heterocycles. The second-order valence-corrected chi connectivity index (χ2v) is 7.46. The Morgan fingerprint density at radius 1 is 1.27 bits per heavy atom. The van der Waals surface area contributed by atoms with E-state index in [1.807, 2.05) is 65.3 Å². The second-order valence-electron chi connectivity index (χ2n) is 6.23. The summed E-state index contributed by atoms with van der Waals surface area (Å²) in [5.41, 5.74) is 1.83. The van der Waals surface area contributed by atoms with E-state index in [1.54, 1.807) is 12.2 Å². The third kappa shape index (κ3) is 4.52. The number of benzene rings is 1. The lowest BCUT2D eigenvalue weighted by molar-refractivity contribution is -0.126. The van der Waals surface area contributed by atoms with E-state index >= 15 is 0 Å². The monoisotopic (exact) mass is 388 g/mol. The number of amides is 1. The van der Waals surface area contributed by atoms with Crippen molar-refractivity contribution in [3.05, 3.63) is 64.4 Å². The van der Waals surface area contributed by atoms with Crippen LogP contribution in [-0.4, -0.2) is 52.3 Å². The van der Waals surface area contributed by atoms with Gasteiger partial charge in [-0.25, -0.2) is 4.98 Å². The number of halogens is 1. The van der Waals surface area contributed by atoms with E-state index in [1.165, 1.54) is 11.3 Å². The highest BCUT2D eigenvalue weighted by Gasteiger charge is 2.13. The van der Waals surface area contributed by atoms with Gasteiger partial charge in [0.1, 0.15) is 0 Å². The van der Waals surface area contributed by atoms with E-state index in [9.17, 15) is 4.79 Å². The highest BCUT2D eigenvalue weighted by atomic mass is 35.5. The number of thiazole rings is 1. The number of rotatable bonds is 7. The summed E-state index contributed by atoms with van der Waals surface area (Å²) in [6.45, 7) is 2.03. The van der Waals surface area contributed by atoms with E-state index < -0.39 is 0 Å². The second kappa shape index (κ2) is 8.49. The molecule has 1 amide bonds. The van der Waals surface area contributed by atoms with Crippen LogP contribution in [0.25, 0.3) is 11.0 Å². The summed E-state index contributed by atoms with van der Waals surface area (Å²) in [5.74, 6) is -0.0445. The summed E-state index contributed by atoms with van der Waals surface area (Å²) in [6.07, 6.45) is 5.22. The Bertz CT molecular complexity index is 901. The van der Waals surface area contributed by atoms with Crippen LogP contribution in [0.4, 0.5) is 0 Å². The SMILES string of the molecule is CN(C)CCN(Cc1ccccc1)C(=O)C=Cc1c(Cl)nc2sccn12. The summed E-state index contributed by atoms with van der Waals surface area (Å²) in [7, 11) is 4.00. The zero-order chi connectivity index (χ0) is 18.5. The lowest BCUT2D eigenvalue weighted by Crippen LogP contribution is -2.35. The fourth-order valence-corrected chi connectivity index (χ4v) is 3.58. The first-order valence-electron chi connectivity index (χ1n) is 8.31. The molecule has 7 heteroatoms. The topological polar surface area (TPSA) is 40.8 Å². The van der Waals surface area contributed by atoms with Crippen molar-refractivity contribution in [1.82, 2.24) is 19.2 Å². The number of hydrogen-bond donors (Lipinski definition) is 0. The van der Waals surface area contributed by atoms with Crippen LogP contribution in [0.3, 0.4) is 0 Å². The molecule has 26 heavy (non-hydrogen) atoms. The molecule has 0 aliphatic rings. The standard InChI is InChI=1S/C19H21ClN4OS/c1-22(2)10-11-23(14-15-6-4-3-5-7-15)17(25)9-8-16-18(20)21-19-24(16)12-13-26-19/h3-9,12-13H,10-11,14H2,1-2H3. The number of likely N-dealkylation sites (N-methyl/N-ethyl adjacent to an activating group) is 1. The maximum atomic E-state index is 12.8. The molecule has 0 N–H and O–H groups in total. The maximum Gasteiger partial charge on any atom is 0.246 e. The van der Waals surface area contributed by atoms with E-state index in [-0.39, 0.29) is 5.91 Å². The summed E-state index contributed by atoms with van der Waals surface area (Å²) >= 11 is 7.71. The number of carbonyl (C=O) groups excluding carboxylic acids is 1. The minimum atomic E-state index is -0.0445. The highest BCUT2D eigenvalue weighted by Crippen LogP contribution is 2.22. The van der Waals surface area contributed by atoms with Gasteiger partial charge in [-0.15, -0.1) is 11.3 Å². The van der Waals surface area contributed by atoms with Gasteiger partial charge in [-0.05, 0) is 25.7 Å². The quantitative estimate of drug-likeness (QED) is 0.580. The maximum absolute atomic E-state index is 12.8. The number of fused-ring (bicyclic) bond motifs is 1. The van der Waals surface area contributed by atoms with Gasteiger partial charge in [-0.2, -0.15) is 0 Å². The molecule has 1 aromatic carbocycles. The Balaban J connectivity index is 1.77. The third-order valence-electron chi connectivity index (χ3n) is 3.98. The van der Waals surface area contributed by atoms with Crippen LogP contribution in [0.1, 0.15) is 11.3 Å². The van der Waals surface area contributed by atoms with Gasteiger partial charge in [-0.3, -0.25) is 9.20 Å². The van der Waals surface area contributed by atoms with Gasteiger partial charge in [0.05, 0.1) is 5.69 Å². The van der Waals surface area contributed by atoms with Crippen molar-refractivity contribution < 1.29 is 4.79 Å². The summed E-state index contributed by atoms with van der Waals surface area (Å²) < 4.78 is 1.89. The molecule has 136 valence electrons. The zero-order valence-electron chi connectivity index (χ0n) is 14.8. The molecule has 0 fully saturated rings. The average molecular weight is 389 g/mol. The van der Waals surface area contributed by atoms with Crippen molar-refractivity contribution in [3.63, 3.8) is 0 Å². The normalized spacial score (nSPS) is 11.7. The summed E-state index contributed by atoms with van der Waals surface area (Å²) in [5, 5.41) is 2.35. The Kier molecular flexibility index (Phi) is 6.08. The van der Waals surface area contributed by atoms with Crippen LogP contribution >= 0.6 is 22.9 Å². The van der Waals surface area contributed by atoms with E-state index in [2.05, 4.69) is 9.88 Å². The smallest absolute Gasteiger partial charge is 0.246 e. The van der Waals surface area contributed by atoms with Crippen molar-refractivity contribution >= 4 is 39.9 Å². The molecular weight excluding hydrogens is 368 g/mol. The van der Waals surface area contributed by atoms with Crippen molar-refractivity contribution in [3.8, 4) is 0 Å². The molecule has 5 nitrogen and oxygen atoms in total. The van der Waals surface area contributed by atoms with Crippen LogP contribution in [-0.2, 0) is 11.3 Å². The summed E-state index contributed by atoms with van der Waals surface area (Å²) in [4.78, 5) is 21.8. The fourth-order valence-electron chi connectivity index (χ4n) is 2.57. The van der Waals surface area contributed by atoms with E-state index in [0.29, 0.717) is 18.2 Å². The zero-order valence-corrected chi connectivity index (χ0v) is 16.4. The van der Waals surface area contributed by atoms with Crippen LogP contribution in [0.5, 0.6) is 0 Å². The molecule has 0 aliphatic carbocycles. The Morgan fingerprint density at radius 2 is 2.04 bits per heavy atom. The number of aromatic nitrogens is 2. The van der Waals surface area contributed by atoms with Crippen LogP contribution in [0.2, 0.25) is 5.15 Å². The largest absolute Gasteiger partial charge is 0.334 e. The molecule has 2 aromatic heterocycles. The Labute approximate surface area is 162 Å². The lowest BCUT2D eigenvalue weighted by atomic mass is 10.2. The van der Waals surface area contributed by atoms with Crippen LogP contribution < -0.4 is 0 Å². The fraction of sp³-hybridized carbons (Fsp3) is 0.263. The van der Waals surface area contributed by atoms with Crippen molar-refractivity contribution in [1.29, 1.82) is 0 Å². The first kappa shape index (κ1) is 18.6. The molecule has 0 bridgehead atoms.